The van der Waals surface area contributed by atoms with E-state index in [0.717, 1.165) is 16.6 Å². The van der Waals surface area contributed by atoms with Crippen molar-refractivity contribution in [1.29, 1.82) is 0 Å². The van der Waals surface area contributed by atoms with Crippen LogP contribution in [0.1, 0.15) is 5.69 Å². The van der Waals surface area contributed by atoms with E-state index in [-0.39, 0.29) is 13.1 Å². The Morgan fingerprint density at radius 1 is 1.25 bits per heavy atom. The molecule has 1 aliphatic heterocycles. The lowest BCUT2D eigenvalue weighted by Crippen LogP contribution is -2.55. The molecular weight excluding hydrogens is 210 g/mol. The average molecular weight is 222 g/mol. The Bertz CT molecular complexity index is 477. The highest BCUT2D eigenvalue weighted by molar-refractivity contribution is 5.80. The third-order valence-corrected chi connectivity index (χ3v) is 2.89. The fraction of sp³-hybridized carbons (Fsp3) is 0.333. The van der Waals surface area contributed by atoms with E-state index in [1.54, 1.807) is 4.90 Å². The summed E-state index contributed by atoms with van der Waals surface area (Å²) in [5.74, 6) is -2.48. The third kappa shape index (κ3) is 1.69. The van der Waals surface area contributed by atoms with Gasteiger partial charge in [-0.3, -0.25) is 4.90 Å². The Kier molecular flexibility index (Phi) is 2.01. The molecule has 16 heavy (non-hydrogen) atoms. The van der Waals surface area contributed by atoms with Crippen LogP contribution in [0.25, 0.3) is 10.9 Å². The standard InChI is InChI=1S/C12H12F2N2/c13-12(14)7-16(8-12)6-10-5-9-3-1-2-4-11(9)15-10/h1-5,15H,6-8H2. The van der Waals surface area contributed by atoms with Crippen LogP contribution in [0.5, 0.6) is 0 Å². The lowest BCUT2D eigenvalue weighted by atomic mass is 10.1. The molecule has 2 heterocycles. The average Bonchev–Trinajstić information content (AvgIpc) is 2.56. The van der Waals surface area contributed by atoms with Gasteiger partial charge < -0.3 is 4.98 Å². The molecule has 1 fully saturated rings. The van der Waals surface area contributed by atoms with Crippen LogP contribution in [0.3, 0.4) is 0 Å². The number of hydrogen-bond donors (Lipinski definition) is 1. The van der Waals surface area contributed by atoms with E-state index in [2.05, 4.69) is 4.98 Å². The second kappa shape index (κ2) is 3.28. The SMILES string of the molecule is FC1(F)CN(Cc2cc3ccccc3[nH]2)C1. The number of para-hydroxylation sites is 1. The summed E-state index contributed by atoms with van der Waals surface area (Å²) in [5, 5.41) is 1.13. The number of aromatic nitrogens is 1. The van der Waals surface area contributed by atoms with Crippen LogP contribution in [-0.4, -0.2) is 28.9 Å². The monoisotopic (exact) mass is 222 g/mol. The summed E-state index contributed by atoms with van der Waals surface area (Å²) in [6.07, 6.45) is 0. The van der Waals surface area contributed by atoms with Crippen molar-refractivity contribution < 1.29 is 8.78 Å². The quantitative estimate of drug-likeness (QED) is 0.827. The number of benzene rings is 1. The summed E-state index contributed by atoms with van der Waals surface area (Å²) in [5.41, 5.74) is 2.06. The molecule has 0 saturated carbocycles. The van der Waals surface area contributed by atoms with Gasteiger partial charge in [-0.2, -0.15) is 0 Å². The molecule has 1 aromatic carbocycles. The molecule has 84 valence electrons. The van der Waals surface area contributed by atoms with Crippen molar-refractivity contribution in [1.82, 2.24) is 9.88 Å². The fourth-order valence-electron chi connectivity index (χ4n) is 2.18. The molecule has 1 saturated heterocycles. The summed E-state index contributed by atoms with van der Waals surface area (Å²) in [6, 6.07) is 9.95. The second-order valence-corrected chi connectivity index (χ2v) is 4.38. The van der Waals surface area contributed by atoms with E-state index in [1.807, 2.05) is 30.3 Å². The molecule has 1 aromatic heterocycles. The van der Waals surface area contributed by atoms with Gasteiger partial charge in [-0.1, -0.05) is 18.2 Å². The van der Waals surface area contributed by atoms with Crippen LogP contribution in [-0.2, 0) is 6.54 Å². The van der Waals surface area contributed by atoms with E-state index >= 15 is 0 Å². The smallest absolute Gasteiger partial charge is 0.272 e. The first kappa shape index (κ1) is 9.78. The lowest BCUT2D eigenvalue weighted by molar-refractivity contribution is -0.134. The van der Waals surface area contributed by atoms with Gasteiger partial charge in [0, 0.05) is 17.8 Å². The van der Waals surface area contributed by atoms with Crippen molar-refractivity contribution in [3.05, 3.63) is 36.0 Å². The number of nitrogens with zero attached hydrogens (tertiary/aromatic N) is 1. The van der Waals surface area contributed by atoms with E-state index in [0.29, 0.717) is 6.54 Å². The Morgan fingerprint density at radius 2 is 2.00 bits per heavy atom. The molecule has 4 heteroatoms. The molecule has 0 unspecified atom stereocenters. The number of nitrogens with one attached hydrogen (secondary N) is 1. The van der Waals surface area contributed by atoms with Crippen molar-refractivity contribution in [3.8, 4) is 0 Å². The predicted octanol–water partition coefficient (Wildman–Crippen LogP) is 2.62. The topological polar surface area (TPSA) is 19.0 Å². The summed E-state index contributed by atoms with van der Waals surface area (Å²) in [7, 11) is 0. The Labute approximate surface area is 91.9 Å². The lowest BCUT2D eigenvalue weighted by Gasteiger charge is -2.38. The van der Waals surface area contributed by atoms with Crippen LogP contribution in [0.2, 0.25) is 0 Å². The maximum Gasteiger partial charge on any atom is 0.272 e. The Balaban J connectivity index is 1.76. The number of hydrogen-bond acceptors (Lipinski definition) is 1. The maximum atomic E-state index is 12.6. The van der Waals surface area contributed by atoms with Crippen LogP contribution in [0, 0.1) is 0 Å². The number of rotatable bonds is 2. The van der Waals surface area contributed by atoms with E-state index in [4.69, 9.17) is 0 Å². The highest BCUT2D eigenvalue weighted by atomic mass is 19.3. The summed E-state index contributed by atoms with van der Waals surface area (Å²) in [4.78, 5) is 4.98. The van der Waals surface area contributed by atoms with Crippen molar-refractivity contribution in [2.45, 2.75) is 12.5 Å². The van der Waals surface area contributed by atoms with Crippen molar-refractivity contribution in [3.63, 3.8) is 0 Å². The van der Waals surface area contributed by atoms with E-state index < -0.39 is 5.92 Å². The van der Waals surface area contributed by atoms with Crippen molar-refractivity contribution in [2.75, 3.05) is 13.1 Å². The van der Waals surface area contributed by atoms with Crippen LogP contribution >= 0.6 is 0 Å². The predicted molar refractivity (Wildman–Crippen MR) is 58.5 cm³/mol. The normalized spacial score (nSPS) is 19.9. The van der Waals surface area contributed by atoms with Gasteiger partial charge in [-0.25, -0.2) is 8.78 Å². The minimum atomic E-state index is -2.48. The summed E-state index contributed by atoms with van der Waals surface area (Å²) < 4.78 is 25.3. The zero-order valence-corrected chi connectivity index (χ0v) is 8.71. The summed E-state index contributed by atoms with van der Waals surface area (Å²) >= 11 is 0. The zero-order valence-electron chi connectivity index (χ0n) is 8.71. The molecule has 0 amide bonds. The van der Waals surface area contributed by atoms with Gasteiger partial charge in [-0.15, -0.1) is 0 Å². The molecule has 3 rings (SSSR count). The summed E-state index contributed by atoms with van der Waals surface area (Å²) in [6.45, 7) is 0.328. The van der Waals surface area contributed by atoms with Crippen molar-refractivity contribution >= 4 is 10.9 Å². The van der Waals surface area contributed by atoms with Gasteiger partial charge in [0.25, 0.3) is 5.92 Å². The van der Waals surface area contributed by atoms with Gasteiger partial charge in [-0.05, 0) is 17.5 Å². The number of fused-ring (bicyclic) bond motifs is 1. The minimum absolute atomic E-state index is 0.123. The highest BCUT2D eigenvalue weighted by Crippen LogP contribution is 2.28. The maximum absolute atomic E-state index is 12.6. The molecule has 0 aliphatic carbocycles. The number of likely N-dealkylation sites (tertiary alicyclic amines) is 1. The van der Waals surface area contributed by atoms with E-state index in [1.165, 1.54) is 0 Å². The Hall–Kier alpha value is -1.42. The van der Waals surface area contributed by atoms with Crippen LogP contribution < -0.4 is 0 Å². The number of halogens is 2. The first-order valence-corrected chi connectivity index (χ1v) is 5.29. The molecule has 1 N–H and O–H groups in total. The Morgan fingerprint density at radius 3 is 2.69 bits per heavy atom. The largest absolute Gasteiger partial charge is 0.357 e. The van der Waals surface area contributed by atoms with Gasteiger partial charge in [0.1, 0.15) is 0 Å². The molecular formula is C12H12F2N2. The number of aromatic amines is 1. The first-order valence-electron chi connectivity index (χ1n) is 5.29. The fourth-order valence-corrected chi connectivity index (χ4v) is 2.18. The second-order valence-electron chi connectivity index (χ2n) is 4.38. The number of H-pyrrole nitrogens is 1. The highest BCUT2D eigenvalue weighted by Gasteiger charge is 2.43. The first-order chi connectivity index (χ1) is 7.62. The zero-order chi connectivity index (χ0) is 11.2. The van der Waals surface area contributed by atoms with Gasteiger partial charge in [0.05, 0.1) is 13.1 Å². The van der Waals surface area contributed by atoms with E-state index in [9.17, 15) is 8.78 Å². The van der Waals surface area contributed by atoms with Gasteiger partial charge in [0.15, 0.2) is 0 Å². The molecule has 0 radical (unpaired) electrons. The third-order valence-electron chi connectivity index (χ3n) is 2.89. The molecule has 1 aliphatic rings. The molecule has 0 bridgehead atoms. The van der Waals surface area contributed by atoms with Crippen LogP contribution in [0.4, 0.5) is 8.78 Å². The molecule has 2 nitrogen and oxygen atoms in total. The van der Waals surface area contributed by atoms with Crippen molar-refractivity contribution in [2.24, 2.45) is 0 Å². The van der Waals surface area contributed by atoms with Gasteiger partial charge in [0.2, 0.25) is 0 Å². The van der Waals surface area contributed by atoms with Crippen LogP contribution in [0.15, 0.2) is 30.3 Å². The minimum Gasteiger partial charge on any atom is -0.357 e. The van der Waals surface area contributed by atoms with Gasteiger partial charge >= 0.3 is 0 Å². The molecule has 2 aromatic rings. The molecule has 0 atom stereocenters. The molecule has 0 spiro atoms. The number of alkyl halides is 2.